The number of hydrogen-bond acceptors (Lipinski definition) is 5. The highest BCUT2D eigenvalue weighted by Crippen LogP contribution is 2.24. The van der Waals surface area contributed by atoms with Crippen molar-refractivity contribution in [3.63, 3.8) is 0 Å². The highest BCUT2D eigenvalue weighted by atomic mass is 16.5. The molecule has 0 aromatic heterocycles. The average molecular weight is 321 g/mol. The van der Waals surface area contributed by atoms with Crippen molar-refractivity contribution in [3.8, 4) is 6.07 Å². The van der Waals surface area contributed by atoms with Crippen molar-refractivity contribution in [3.05, 3.63) is 0 Å². The molecule has 0 N–H and O–H groups in total. The van der Waals surface area contributed by atoms with E-state index in [1.54, 1.807) is 0 Å². The van der Waals surface area contributed by atoms with Gasteiger partial charge in [-0.25, -0.2) is 0 Å². The average Bonchev–Trinajstić information content (AvgIpc) is 2.60. The van der Waals surface area contributed by atoms with Gasteiger partial charge < -0.3 is 14.5 Å². The summed E-state index contributed by atoms with van der Waals surface area (Å²) in [6.07, 6.45) is 3.74. The standard InChI is InChI=1S/C17H27N3O3/c1-2-23-17(22)15-6-12-20(13-7-15)16(21)14-4-10-19(11-5-14)9-3-8-18/h14-15H,2-7,9-13H2,1H3. The van der Waals surface area contributed by atoms with Gasteiger partial charge in [0.05, 0.1) is 18.6 Å². The van der Waals surface area contributed by atoms with Gasteiger partial charge in [-0.05, 0) is 45.7 Å². The van der Waals surface area contributed by atoms with Crippen LogP contribution in [0.25, 0.3) is 0 Å². The smallest absolute Gasteiger partial charge is 0.309 e. The van der Waals surface area contributed by atoms with Crippen LogP contribution >= 0.6 is 0 Å². The van der Waals surface area contributed by atoms with Gasteiger partial charge in [-0.15, -0.1) is 0 Å². The van der Waals surface area contributed by atoms with Gasteiger partial charge in [-0.1, -0.05) is 0 Å². The molecule has 0 saturated carbocycles. The maximum absolute atomic E-state index is 12.6. The maximum atomic E-state index is 12.6. The number of ether oxygens (including phenoxy) is 1. The molecule has 6 nitrogen and oxygen atoms in total. The number of nitrogens with zero attached hydrogens (tertiary/aromatic N) is 3. The molecule has 0 spiro atoms. The third kappa shape index (κ3) is 4.93. The number of carbonyl (C=O) groups is 2. The van der Waals surface area contributed by atoms with Crippen LogP contribution in [-0.2, 0) is 14.3 Å². The number of carbonyl (C=O) groups excluding carboxylic acids is 2. The Morgan fingerprint density at radius 2 is 1.70 bits per heavy atom. The van der Waals surface area contributed by atoms with Gasteiger partial charge in [0.15, 0.2) is 0 Å². The third-order valence-electron chi connectivity index (χ3n) is 4.90. The van der Waals surface area contributed by atoms with Gasteiger partial charge in [-0.3, -0.25) is 9.59 Å². The Bertz CT molecular complexity index is 444. The SMILES string of the molecule is CCOC(=O)C1CCN(C(=O)C2CCN(CCC#N)CC2)CC1. The number of amides is 1. The largest absolute Gasteiger partial charge is 0.466 e. The first-order valence-electron chi connectivity index (χ1n) is 8.70. The molecule has 0 radical (unpaired) electrons. The number of nitriles is 1. The minimum atomic E-state index is -0.120. The number of rotatable bonds is 5. The van der Waals surface area contributed by atoms with E-state index in [2.05, 4.69) is 11.0 Å². The Balaban J connectivity index is 1.73. The lowest BCUT2D eigenvalue weighted by Crippen LogP contribution is -2.46. The Labute approximate surface area is 138 Å². The van der Waals surface area contributed by atoms with Crippen molar-refractivity contribution in [1.82, 2.24) is 9.80 Å². The van der Waals surface area contributed by atoms with Gasteiger partial charge in [0.25, 0.3) is 0 Å². The first kappa shape index (κ1) is 17.7. The minimum Gasteiger partial charge on any atom is -0.466 e. The van der Waals surface area contributed by atoms with E-state index < -0.39 is 0 Å². The molecule has 0 aromatic carbocycles. The molecule has 128 valence electrons. The van der Waals surface area contributed by atoms with Crippen molar-refractivity contribution in [1.29, 1.82) is 5.26 Å². The van der Waals surface area contributed by atoms with Crippen LogP contribution < -0.4 is 0 Å². The molecule has 2 saturated heterocycles. The molecule has 23 heavy (non-hydrogen) atoms. The van der Waals surface area contributed by atoms with Crippen LogP contribution in [0.1, 0.15) is 39.0 Å². The third-order valence-corrected chi connectivity index (χ3v) is 4.90. The lowest BCUT2D eigenvalue weighted by atomic mass is 9.92. The first-order chi connectivity index (χ1) is 11.2. The molecule has 0 bridgehead atoms. The molecule has 2 fully saturated rings. The summed E-state index contributed by atoms with van der Waals surface area (Å²) in [5, 5.41) is 8.63. The summed E-state index contributed by atoms with van der Waals surface area (Å²) in [6.45, 7) is 6.17. The fourth-order valence-electron chi connectivity index (χ4n) is 3.47. The van der Waals surface area contributed by atoms with E-state index in [9.17, 15) is 9.59 Å². The fourth-order valence-corrected chi connectivity index (χ4v) is 3.47. The van der Waals surface area contributed by atoms with Crippen LogP contribution in [0.3, 0.4) is 0 Å². The summed E-state index contributed by atoms with van der Waals surface area (Å²) in [7, 11) is 0. The molecular weight excluding hydrogens is 294 g/mol. The zero-order valence-corrected chi connectivity index (χ0v) is 14.0. The van der Waals surface area contributed by atoms with E-state index in [0.29, 0.717) is 39.0 Å². The Morgan fingerprint density at radius 1 is 1.09 bits per heavy atom. The van der Waals surface area contributed by atoms with E-state index in [0.717, 1.165) is 32.5 Å². The summed E-state index contributed by atoms with van der Waals surface area (Å²) < 4.78 is 5.07. The predicted molar refractivity (Wildman–Crippen MR) is 85.3 cm³/mol. The first-order valence-corrected chi connectivity index (χ1v) is 8.70. The van der Waals surface area contributed by atoms with Crippen LogP contribution in [0.5, 0.6) is 0 Å². The molecule has 2 heterocycles. The van der Waals surface area contributed by atoms with Gasteiger partial charge in [-0.2, -0.15) is 5.26 Å². The minimum absolute atomic E-state index is 0.0492. The van der Waals surface area contributed by atoms with E-state index >= 15 is 0 Å². The van der Waals surface area contributed by atoms with Crippen molar-refractivity contribution in [2.24, 2.45) is 11.8 Å². The van der Waals surface area contributed by atoms with E-state index in [4.69, 9.17) is 10.00 Å². The van der Waals surface area contributed by atoms with Gasteiger partial charge in [0, 0.05) is 32.0 Å². The predicted octanol–water partition coefficient (Wildman–Crippen LogP) is 1.41. The molecule has 0 aromatic rings. The summed E-state index contributed by atoms with van der Waals surface area (Å²) in [4.78, 5) is 28.5. The highest BCUT2D eigenvalue weighted by Gasteiger charge is 2.32. The van der Waals surface area contributed by atoms with E-state index in [-0.39, 0.29) is 23.7 Å². The second-order valence-electron chi connectivity index (χ2n) is 6.38. The van der Waals surface area contributed by atoms with E-state index in [1.807, 2.05) is 11.8 Å². The van der Waals surface area contributed by atoms with Crippen molar-refractivity contribution in [2.75, 3.05) is 39.3 Å². The molecule has 0 atom stereocenters. The molecule has 1 amide bonds. The monoisotopic (exact) mass is 321 g/mol. The van der Waals surface area contributed by atoms with Gasteiger partial charge in [0.2, 0.25) is 5.91 Å². The normalized spacial score (nSPS) is 21.0. The summed E-state index contributed by atoms with van der Waals surface area (Å²) >= 11 is 0. The summed E-state index contributed by atoms with van der Waals surface area (Å²) in [6, 6.07) is 2.17. The van der Waals surface area contributed by atoms with Crippen LogP contribution in [0.4, 0.5) is 0 Å². The Morgan fingerprint density at radius 3 is 2.26 bits per heavy atom. The van der Waals surface area contributed by atoms with Crippen LogP contribution in [0.2, 0.25) is 0 Å². The quantitative estimate of drug-likeness (QED) is 0.716. The summed E-state index contributed by atoms with van der Waals surface area (Å²) in [5.74, 6) is 0.178. The second kappa shape index (κ2) is 8.88. The van der Waals surface area contributed by atoms with Crippen molar-refractivity contribution < 1.29 is 14.3 Å². The van der Waals surface area contributed by atoms with Crippen LogP contribution in [-0.4, -0.2) is 61.0 Å². The molecule has 2 aliphatic heterocycles. The number of esters is 1. The van der Waals surface area contributed by atoms with Gasteiger partial charge >= 0.3 is 5.97 Å². The number of likely N-dealkylation sites (tertiary alicyclic amines) is 2. The maximum Gasteiger partial charge on any atom is 0.309 e. The lowest BCUT2D eigenvalue weighted by Gasteiger charge is -2.36. The van der Waals surface area contributed by atoms with Crippen LogP contribution in [0.15, 0.2) is 0 Å². The molecule has 2 rings (SSSR count). The molecular formula is C17H27N3O3. The molecule has 2 aliphatic rings. The zero-order valence-electron chi connectivity index (χ0n) is 14.0. The molecule has 0 aliphatic carbocycles. The number of hydrogen-bond donors (Lipinski definition) is 0. The fraction of sp³-hybridized carbons (Fsp3) is 0.824. The molecule has 6 heteroatoms. The lowest BCUT2D eigenvalue weighted by molar-refractivity contribution is -0.152. The topological polar surface area (TPSA) is 73.6 Å². The Kier molecular flexibility index (Phi) is 6.85. The summed E-state index contributed by atoms with van der Waals surface area (Å²) in [5.41, 5.74) is 0. The molecule has 0 unspecified atom stereocenters. The van der Waals surface area contributed by atoms with Crippen LogP contribution in [0, 0.1) is 23.2 Å². The highest BCUT2D eigenvalue weighted by molar-refractivity contribution is 5.79. The second-order valence-corrected chi connectivity index (χ2v) is 6.38. The van der Waals surface area contributed by atoms with E-state index in [1.165, 1.54) is 0 Å². The van der Waals surface area contributed by atoms with Crippen molar-refractivity contribution in [2.45, 2.75) is 39.0 Å². The van der Waals surface area contributed by atoms with Gasteiger partial charge in [0.1, 0.15) is 0 Å². The number of piperidine rings is 2. The van der Waals surface area contributed by atoms with Crippen molar-refractivity contribution >= 4 is 11.9 Å². The Hall–Kier alpha value is -1.61. The zero-order chi connectivity index (χ0) is 16.7.